The summed E-state index contributed by atoms with van der Waals surface area (Å²) >= 11 is 3.72. The Bertz CT molecular complexity index is 322. The van der Waals surface area contributed by atoms with E-state index in [1.165, 1.54) is 0 Å². The molecule has 0 aliphatic carbocycles. The van der Waals surface area contributed by atoms with Crippen LogP contribution < -0.4 is 0 Å². The third kappa shape index (κ3) is 7.45. The van der Waals surface area contributed by atoms with Gasteiger partial charge in [-0.2, -0.15) is 0 Å². The highest BCUT2D eigenvalue weighted by Gasteiger charge is 2.36. The zero-order valence-corrected chi connectivity index (χ0v) is 15.0. The molecule has 122 valence electrons. The van der Waals surface area contributed by atoms with Gasteiger partial charge in [0.25, 0.3) is 0 Å². The zero-order valence-electron chi connectivity index (χ0n) is 13.3. The van der Waals surface area contributed by atoms with Crippen LogP contribution in [0.25, 0.3) is 0 Å². The maximum absolute atomic E-state index is 11.7. The van der Waals surface area contributed by atoms with E-state index in [0.29, 0.717) is 12.8 Å². The summed E-state index contributed by atoms with van der Waals surface area (Å²) in [6.07, 6.45) is 2.19. The Morgan fingerprint density at radius 3 is 1.62 bits per heavy atom. The van der Waals surface area contributed by atoms with Crippen molar-refractivity contribution in [3.63, 3.8) is 0 Å². The molecule has 0 saturated carbocycles. The van der Waals surface area contributed by atoms with Crippen molar-refractivity contribution in [3.05, 3.63) is 0 Å². The van der Waals surface area contributed by atoms with Crippen molar-refractivity contribution >= 4 is 35.5 Å². The number of ether oxygens (including phenoxy) is 2. The van der Waals surface area contributed by atoms with Gasteiger partial charge in [-0.3, -0.25) is 9.59 Å². The average Bonchev–Trinajstić information content (AvgIpc) is 2.82. The summed E-state index contributed by atoms with van der Waals surface area (Å²) in [4.78, 5) is 23.4. The minimum Gasteiger partial charge on any atom is -0.463 e. The summed E-state index contributed by atoms with van der Waals surface area (Å²) < 4.78 is 10.3. The highest BCUT2D eigenvalue weighted by Crippen LogP contribution is 2.50. The minimum atomic E-state index is -0.151. The first-order valence-electron chi connectivity index (χ1n) is 7.50. The molecule has 21 heavy (non-hydrogen) atoms. The third-order valence-electron chi connectivity index (χ3n) is 2.97. The molecule has 0 spiro atoms. The Balaban J connectivity index is 2.43. The molecule has 0 bridgehead atoms. The molecule has 6 heteroatoms. The number of carbonyl (C=O) groups is 2. The van der Waals surface area contributed by atoms with Gasteiger partial charge < -0.3 is 9.47 Å². The maximum Gasteiger partial charge on any atom is 0.306 e. The average molecular weight is 335 g/mol. The smallest absolute Gasteiger partial charge is 0.306 e. The summed E-state index contributed by atoms with van der Waals surface area (Å²) in [5, 5.41) is 0. The van der Waals surface area contributed by atoms with E-state index < -0.39 is 0 Å². The predicted octanol–water partition coefficient (Wildman–Crippen LogP) is 3.63. The number of hydrogen-bond donors (Lipinski definition) is 0. The topological polar surface area (TPSA) is 52.6 Å². The highest BCUT2D eigenvalue weighted by molar-refractivity contribution is 8.21. The molecule has 0 aromatic heterocycles. The van der Waals surface area contributed by atoms with Crippen LogP contribution in [-0.2, 0) is 19.1 Å². The van der Waals surface area contributed by atoms with Gasteiger partial charge in [0, 0.05) is 24.3 Å². The van der Waals surface area contributed by atoms with Gasteiger partial charge in [0.15, 0.2) is 0 Å². The van der Waals surface area contributed by atoms with E-state index in [2.05, 4.69) is 0 Å². The van der Waals surface area contributed by atoms with Gasteiger partial charge >= 0.3 is 11.9 Å². The Labute approximate surface area is 136 Å². The largest absolute Gasteiger partial charge is 0.463 e. The van der Waals surface area contributed by atoms with Crippen LogP contribution in [0.15, 0.2) is 0 Å². The molecule has 0 N–H and O–H groups in total. The van der Waals surface area contributed by atoms with Crippen LogP contribution >= 0.6 is 23.5 Å². The van der Waals surface area contributed by atoms with Gasteiger partial charge in [0.1, 0.15) is 0 Å². The summed E-state index contributed by atoms with van der Waals surface area (Å²) in [5.74, 6) is 1.84. The molecule has 0 aromatic rings. The maximum atomic E-state index is 11.7. The first-order valence-corrected chi connectivity index (χ1v) is 9.47. The van der Waals surface area contributed by atoms with E-state index in [-0.39, 0.29) is 28.2 Å². The summed E-state index contributed by atoms with van der Waals surface area (Å²) in [6, 6.07) is 0. The van der Waals surface area contributed by atoms with Crippen molar-refractivity contribution in [3.8, 4) is 0 Å². The molecule has 1 heterocycles. The molecule has 1 fully saturated rings. The molecule has 1 rings (SSSR count). The SMILES string of the molecule is CC(C)OC(=O)CCC1(CCC(=O)OC(C)C)SCCS1. The van der Waals surface area contributed by atoms with Crippen molar-refractivity contribution in [2.75, 3.05) is 11.5 Å². The predicted molar refractivity (Wildman–Crippen MR) is 88.6 cm³/mol. The molecule has 4 nitrogen and oxygen atoms in total. The van der Waals surface area contributed by atoms with Crippen LogP contribution in [0.1, 0.15) is 53.4 Å². The van der Waals surface area contributed by atoms with Gasteiger partial charge in [-0.25, -0.2) is 0 Å². The molecule has 0 unspecified atom stereocenters. The van der Waals surface area contributed by atoms with Crippen LogP contribution in [-0.4, -0.2) is 39.7 Å². The fourth-order valence-electron chi connectivity index (χ4n) is 2.14. The van der Waals surface area contributed by atoms with Crippen LogP contribution in [0.3, 0.4) is 0 Å². The Morgan fingerprint density at radius 1 is 0.905 bits per heavy atom. The van der Waals surface area contributed by atoms with Gasteiger partial charge in [0.2, 0.25) is 0 Å². The lowest BCUT2D eigenvalue weighted by Crippen LogP contribution is -2.23. The normalized spacial score (nSPS) is 17.2. The fraction of sp³-hybridized carbons (Fsp3) is 0.867. The van der Waals surface area contributed by atoms with E-state index in [0.717, 1.165) is 24.3 Å². The van der Waals surface area contributed by atoms with Crippen LogP contribution in [0, 0.1) is 0 Å². The summed E-state index contributed by atoms with van der Waals surface area (Å²) in [5.41, 5.74) is 0. The van der Waals surface area contributed by atoms with E-state index in [1.54, 1.807) is 0 Å². The van der Waals surface area contributed by atoms with Crippen molar-refractivity contribution in [2.24, 2.45) is 0 Å². The number of carbonyl (C=O) groups excluding carboxylic acids is 2. The molecule has 0 aromatic carbocycles. The quantitative estimate of drug-likeness (QED) is 0.632. The van der Waals surface area contributed by atoms with Crippen molar-refractivity contribution in [1.82, 2.24) is 0 Å². The standard InChI is InChI=1S/C15H26O4S2/c1-11(2)18-13(16)5-7-15(20-9-10-21-15)8-6-14(17)19-12(3)4/h11-12H,5-10H2,1-4H3. The number of esters is 2. The first-order chi connectivity index (χ1) is 9.83. The molecule has 1 saturated heterocycles. The number of thioether (sulfide) groups is 2. The number of hydrogen-bond acceptors (Lipinski definition) is 6. The van der Waals surface area contributed by atoms with Gasteiger partial charge in [-0.1, -0.05) is 0 Å². The Hall–Kier alpha value is -0.360. The van der Waals surface area contributed by atoms with E-state index >= 15 is 0 Å². The van der Waals surface area contributed by atoms with Gasteiger partial charge in [-0.15, -0.1) is 23.5 Å². The van der Waals surface area contributed by atoms with Crippen LogP contribution in [0.2, 0.25) is 0 Å². The second-order valence-corrected chi connectivity index (χ2v) is 8.90. The molecular formula is C15H26O4S2. The Kier molecular flexibility index (Phi) is 7.95. The highest BCUT2D eigenvalue weighted by atomic mass is 32.2. The van der Waals surface area contributed by atoms with E-state index in [9.17, 15) is 9.59 Å². The van der Waals surface area contributed by atoms with Crippen molar-refractivity contribution in [2.45, 2.75) is 69.7 Å². The van der Waals surface area contributed by atoms with Crippen LogP contribution in [0.4, 0.5) is 0 Å². The Morgan fingerprint density at radius 2 is 1.29 bits per heavy atom. The lowest BCUT2D eigenvalue weighted by Gasteiger charge is -2.26. The lowest BCUT2D eigenvalue weighted by atomic mass is 10.1. The van der Waals surface area contributed by atoms with Crippen LogP contribution in [0.5, 0.6) is 0 Å². The van der Waals surface area contributed by atoms with Crippen molar-refractivity contribution < 1.29 is 19.1 Å². The molecule has 0 amide bonds. The number of rotatable bonds is 8. The first kappa shape index (κ1) is 18.7. The molecule has 1 aliphatic rings. The monoisotopic (exact) mass is 334 g/mol. The molecular weight excluding hydrogens is 308 g/mol. The van der Waals surface area contributed by atoms with E-state index in [1.807, 2.05) is 51.2 Å². The minimum absolute atomic E-state index is 0.0357. The van der Waals surface area contributed by atoms with Crippen molar-refractivity contribution in [1.29, 1.82) is 0 Å². The summed E-state index contributed by atoms with van der Waals surface area (Å²) in [7, 11) is 0. The second kappa shape index (κ2) is 8.93. The van der Waals surface area contributed by atoms with E-state index in [4.69, 9.17) is 9.47 Å². The molecule has 1 aliphatic heterocycles. The third-order valence-corrected chi connectivity index (χ3v) is 6.62. The van der Waals surface area contributed by atoms with Gasteiger partial charge in [0.05, 0.1) is 16.3 Å². The molecule has 0 atom stereocenters. The van der Waals surface area contributed by atoms with Gasteiger partial charge in [-0.05, 0) is 40.5 Å². The lowest BCUT2D eigenvalue weighted by molar-refractivity contribution is -0.147. The zero-order chi connectivity index (χ0) is 15.9. The fourth-order valence-corrected chi connectivity index (χ4v) is 5.37. The summed E-state index contributed by atoms with van der Waals surface area (Å²) in [6.45, 7) is 7.42. The molecule has 0 radical (unpaired) electrons. The second-order valence-electron chi connectivity index (χ2n) is 5.68.